The summed E-state index contributed by atoms with van der Waals surface area (Å²) < 4.78 is 16.7. The van der Waals surface area contributed by atoms with Crippen molar-refractivity contribution in [1.29, 1.82) is 0 Å². The van der Waals surface area contributed by atoms with E-state index in [1.165, 1.54) is 6.07 Å². The van der Waals surface area contributed by atoms with Gasteiger partial charge in [-0.05, 0) is 76.5 Å². The molecule has 2 N–H and O–H groups in total. The summed E-state index contributed by atoms with van der Waals surface area (Å²) >= 11 is 9.08. The van der Waals surface area contributed by atoms with Gasteiger partial charge in [0, 0.05) is 18.6 Å². The molecule has 1 nitrogen and oxygen atoms in total. The minimum Gasteiger partial charge on any atom is -0.324 e. The van der Waals surface area contributed by atoms with Gasteiger partial charge in [-0.25, -0.2) is 4.39 Å². The van der Waals surface area contributed by atoms with E-state index < -0.39 is 0 Å². The van der Waals surface area contributed by atoms with Gasteiger partial charge >= 0.3 is 0 Å². The highest BCUT2D eigenvalue weighted by Gasteiger charge is 2.14. The summed E-state index contributed by atoms with van der Waals surface area (Å²) in [6.07, 6.45) is 0.462. The molecule has 1 atom stereocenters. The van der Waals surface area contributed by atoms with Crippen molar-refractivity contribution in [2.75, 3.05) is 0 Å². The third-order valence-corrected chi connectivity index (χ3v) is 4.69. The Kier molecular flexibility index (Phi) is 5.39. The van der Waals surface area contributed by atoms with Crippen LogP contribution in [0.25, 0.3) is 0 Å². The third-order valence-electron chi connectivity index (χ3n) is 2.81. The molecule has 2 rings (SSSR count). The normalized spacial score (nSPS) is 12.5. The first-order valence-electron chi connectivity index (χ1n) is 5.62. The lowest BCUT2D eigenvalue weighted by molar-refractivity contribution is 0.592. The summed E-state index contributed by atoms with van der Waals surface area (Å²) in [6, 6.07) is 10.7. The zero-order chi connectivity index (χ0) is 14.0. The zero-order valence-corrected chi connectivity index (χ0v) is 15.2. The van der Waals surface area contributed by atoms with Gasteiger partial charge in [0.15, 0.2) is 0 Å². The molecule has 5 heteroatoms. The molecule has 0 spiro atoms. The fourth-order valence-electron chi connectivity index (χ4n) is 1.85. The molecule has 0 amide bonds. The van der Waals surface area contributed by atoms with Crippen LogP contribution in [0.2, 0.25) is 0 Å². The van der Waals surface area contributed by atoms with Crippen molar-refractivity contribution in [3.63, 3.8) is 0 Å². The lowest BCUT2D eigenvalue weighted by atomic mass is 9.99. The third kappa shape index (κ3) is 4.00. The molecule has 0 aromatic heterocycles. The van der Waals surface area contributed by atoms with E-state index in [0.717, 1.165) is 18.1 Å². The Morgan fingerprint density at radius 1 is 1.16 bits per heavy atom. The van der Waals surface area contributed by atoms with Gasteiger partial charge in [-0.2, -0.15) is 0 Å². The van der Waals surface area contributed by atoms with E-state index in [9.17, 15) is 4.39 Å². The molecule has 1 unspecified atom stereocenters. The molecule has 0 fully saturated rings. The van der Waals surface area contributed by atoms with E-state index >= 15 is 0 Å². The fraction of sp³-hybridized carbons (Fsp3) is 0.143. The predicted molar refractivity (Wildman–Crippen MR) is 91.6 cm³/mol. The summed E-state index contributed by atoms with van der Waals surface area (Å²) in [6.45, 7) is 0. The van der Waals surface area contributed by atoms with Crippen molar-refractivity contribution in [3.05, 3.63) is 65.9 Å². The van der Waals surface area contributed by atoms with Crippen LogP contribution in [-0.4, -0.2) is 0 Å². The number of hydrogen-bond acceptors (Lipinski definition) is 1. The van der Waals surface area contributed by atoms with E-state index in [4.69, 9.17) is 5.73 Å². The molecule has 0 saturated heterocycles. The SMILES string of the molecule is NC(Cc1cc(Br)ccc1F)c1cc(I)ccc1Br. The quantitative estimate of drug-likeness (QED) is 0.579. The molecule has 0 bridgehead atoms. The maximum atomic E-state index is 13.7. The molecular weight excluding hydrogens is 488 g/mol. The van der Waals surface area contributed by atoms with Crippen molar-refractivity contribution in [1.82, 2.24) is 0 Å². The van der Waals surface area contributed by atoms with Gasteiger partial charge < -0.3 is 5.73 Å². The van der Waals surface area contributed by atoms with Crippen LogP contribution >= 0.6 is 54.5 Å². The highest BCUT2D eigenvalue weighted by molar-refractivity contribution is 14.1. The smallest absolute Gasteiger partial charge is 0.126 e. The van der Waals surface area contributed by atoms with Gasteiger partial charge in [0.2, 0.25) is 0 Å². The molecule has 2 aromatic rings. The Hall–Kier alpha value is 0.0200. The van der Waals surface area contributed by atoms with Gasteiger partial charge in [0.05, 0.1) is 0 Å². The number of hydrogen-bond donors (Lipinski definition) is 1. The molecule has 0 aliphatic carbocycles. The van der Waals surface area contributed by atoms with Crippen molar-refractivity contribution in [3.8, 4) is 0 Å². The van der Waals surface area contributed by atoms with Gasteiger partial charge in [-0.15, -0.1) is 0 Å². The molecule has 19 heavy (non-hydrogen) atoms. The van der Waals surface area contributed by atoms with Crippen molar-refractivity contribution >= 4 is 54.5 Å². The van der Waals surface area contributed by atoms with Crippen LogP contribution in [-0.2, 0) is 6.42 Å². The zero-order valence-electron chi connectivity index (χ0n) is 9.84. The number of benzene rings is 2. The average Bonchev–Trinajstić information content (AvgIpc) is 2.36. The van der Waals surface area contributed by atoms with Crippen LogP contribution in [0.5, 0.6) is 0 Å². The van der Waals surface area contributed by atoms with Crippen molar-refractivity contribution < 1.29 is 4.39 Å². The Labute approximate surface area is 142 Å². The minimum atomic E-state index is -0.243. The summed E-state index contributed by atoms with van der Waals surface area (Å²) in [4.78, 5) is 0. The number of halogens is 4. The Morgan fingerprint density at radius 2 is 1.89 bits per heavy atom. The predicted octanol–water partition coefficient (Wildman–Crippen LogP) is 5.20. The first-order chi connectivity index (χ1) is 8.97. The molecule has 0 saturated carbocycles. The van der Waals surface area contributed by atoms with Gasteiger partial charge in [-0.1, -0.05) is 31.9 Å². The first kappa shape index (κ1) is 15.4. The second-order valence-electron chi connectivity index (χ2n) is 4.21. The van der Waals surface area contributed by atoms with E-state index in [2.05, 4.69) is 54.5 Å². The molecule has 0 heterocycles. The number of rotatable bonds is 3. The average molecular weight is 499 g/mol. The molecule has 2 aromatic carbocycles. The van der Waals surface area contributed by atoms with E-state index in [-0.39, 0.29) is 11.9 Å². The summed E-state index contributed by atoms with van der Waals surface area (Å²) in [5.41, 5.74) is 7.81. The lowest BCUT2D eigenvalue weighted by Gasteiger charge is -2.15. The van der Waals surface area contributed by atoms with Crippen LogP contribution in [0.4, 0.5) is 4.39 Å². The first-order valence-corrected chi connectivity index (χ1v) is 8.28. The van der Waals surface area contributed by atoms with Crippen LogP contribution in [0.15, 0.2) is 45.3 Å². The molecule has 0 aliphatic rings. The van der Waals surface area contributed by atoms with Crippen molar-refractivity contribution in [2.24, 2.45) is 5.73 Å². The van der Waals surface area contributed by atoms with Crippen LogP contribution in [0.3, 0.4) is 0 Å². The van der Waals surface area contributed by atoms with E-state index in [1.54, 1.807) is 12.1 Å². The summed E-state index contributed by atoms with van der Waals surface area (Å²) in [5.74, 6) is -0.222. The Balaban J connectivity index is 2.27. The maximum Gasteiger partial charge on any atom is 0.126 e. The maximum absolute atomic E-state index is 13.7. The Bertz CT molecular complexity index is 604. The van der Waals surface area contributed by atoms with Gasteiger partial charge in [-0.3, -0.25) is 0 Å². The van der Waals surface area contributed by atoms with Crippen LogP contribution in [0.1, 0.15) is 17.2 Å². The molecule has 0 radical (unpaired) electrons. The van der Waals surface area contributed by atoms with Crippen molar-refractivity contribution in [2.45, 2.75) is 12.5 Å². The topological polar surface area (TPSA) is 26.0 Å². The Morgan fingerprint density at radius 3 is 2.63 bits per heavy atom. The largest absolute Gasteiger partial charge is 0.324 e. The standard InChI is InChI=1S/C14H11Br2FIN/c15-9-1-4-13(17)8(5-9)6-14(19)11-7-10(18)2-3-12(11)16/h1-5,7,14H,6,19H2. The van der Waals surface area contributed by atoms with Gasteiger partial charge in [0.25, 0.3) is 0 Å². The molecule has 100 valence electrons. The highest BCUT2D eigenvalue weighted by atomic mass is 127. The lowest BCUT2D eigenvalue weighted by Crippen LogP contribution is -2.15. The minimum absolute atomic E-state index is 0.222. The second-order valence-corrected chi connectivity index (χ2v) is 7.23. The van der Waals surface area contributed by atoms with Crippen LogP contribution in [0, 0.1) is 9.39 Å². The van der Waals surface area contributed by atoms with Gasteiger partial charge in [0.1, 0.15) is 5.82 Å². The van der Waals surface area contributed by atoms with Crippen LogP contribution < -0.4 is 5.73 Å². The fourth-order valence-corrected chi connectivity index (χ4v) is 3.31. The summed E-state index contributed by atoms with van der Waals surface area (Å²) in [7, 11) is 0. The summed E-state index contributed by atoms with van der Waals surface area (Å²) in [5, 5.41) is 0. The number of nitrogens with two attached hydrogens (primary N) is 1. The van der Waals surface area contributed by atoms with E-state index in [1.807, 2.05) is 18.2 Å². The monoisotopic (exact) mass is 497 g/mol. The highest BCUT2D eigenvalue weighted by Crippen LogP contribution is 2.27. The molecule has 0 aliphatic heterocycles. The molecular formula is C14H11Br2FIN. The van der Waals surface area contributed by atoms with E-state index in [0.29, 0.717) is 12.0 Å². The second kappa shape index (κ2) is 6.65.